The number of aliphatic hydroxyl groups excluding tert-OH is 2. The summed E-state index contributed by atoms with van der Waals surface area (Å²) in [7, 11) is 1.47. The first-order chi connectivity index (χ1) is 21.8. The van der Waals surface area contributed by atoms with Gasteiger partial charge in [0, 0.05) is 67.7 Å². The summed E-state index contributed by atoms with van der Waals surface area (Å²) in [5.74, 6) is -4.65. The molecule has 0 spiro atoms. The van der Waals surface area contributed by atoms with Gasteiger partial charge in [0.25, 0.3) is 0 Å². The number of rotatable bonds is 10. The topological polar surface area (TPSA) is 232 Å². The molecule has 5 rings (SSSR count). The third-order valence-electron chi connectivity index (χ3n) is 8.79. The van der Waals surface area contributed by atoms with Crippen LogP contribution in [0.2, 0.25) is 0 Å². The van der Waals surface area contributed by atoms with Gasteiger partial charge in [-0.2, -0.15) is 0 Å². The van der Waals surface area contributed by atoms with Gasteiger partial charge >= 0.3 is 5.97 Å². The summed E-state index contributed by atoms with van der Waals surface area (Å²) in [6.07, 6.45) is -5.12. The molecule has 2 aliphatic carbocycles. The molecule has 14 nitrogen and oxygen atoms in total. The minimum Gasteiger partial charge on any atom is -0.507 e. The molecule has 0 radical (unpaired) electrons. The molecule has 2 aromatic rings. The van der Waals surface area contributed by atoms with E-state index >= 15 is 0 Å². The van der Waals surface area contributed by atoms with Crippen LogP contribution in [0.5, 0.6) is 11.5 Å². The maximum atomic E-state index is 13.7. The van der Waals surface area contributed by atoms with Crippen molar-refractivity contribution in [3.8, 4) is 11.5 Å². The largest absolute Gasteiger partial charge is 0.507 e. The minimum atomic E-state index is -2.32. The standard InChI is InChI=1S/C32H37NO13/c1-14-27(37)19(33)9-23(45-14)46-20-11-32(42,21(35)13-44-22(36)4-3-7-43-2)10-18-24(20)31(41)26-25(30(18)40)28(38)16-6-5-15(12-34)8-17(16)29(26)39/h5-6,8,14,19-20,23,27,34,37,40-42H,3-4,7,9-13,33H2,1-2H3/t14?,19?,20-,23?,27?,32-/m0/s1. The maximum absolute atomic E-state index is 13.7. The highest BCUT2D eigenvalue weighted by atomic mass is 16.7. The molecule has 0 amide bonds. The van der Waals surface area contributed by atoms with Crippen molar-refractivity contribution >= 4 is 23.3 Å². The van der Waals surface area contributed by atoms with Gasteiger partial charge in [0.15, 0.2) is 24.5 Å². The number of hydrogen-bond donors (Lipinski definition) is 6. The zero-order valence-corrected chi connectivity index (χ0v) is 25.4. The van der Waals surface area contributed by atoms with E-state index in [-0.39, 0.29) is 35.1 Å². The Balaban J connectivity index is 1.56. The number of ether oxygens (including phenoxy) is 4. The van der Waals surface area contributed by atoms with Crippen molar-refractivity contribution in [1.29, 1.82) is 0 Å². The molecule has 1 heterocycles. The van der Waals surface area contributed by atoms with Crippen LogP contribution in [-0.2, 0) is 41.6 Å². The summed E-state index contributed by atoms with van der Waals surface area (Å²) in [6, 6.07) is 3.32. The average molecular weight is 644 g/mol. The van der Waals surface area contributed by atoms with Gasteiger partial charge in [-0.25, -0.2) is 0 Å². The third-order valence-corrected chi connectivity index (χ3v) is 8.79. The molecule has 248 valence electrons. The van der Waals surface area contributed by atoms with Crippen LogP contribution in [0.1, 0.15) is 87.2 Å². The lowest BCUT2D eigenvalue weighted by Crippen LogP contribution is -2.53. The number of phenolic OH excluding ortho intramolecular Hbond substituents is 2. The predicted octanol–water partition coefficient (Wildman–Crippen LogP) is 0.463. The van der Waals surface area contributed by atoms with Crippen molar-refractivity contribution in [2.75, 3.05) is 20.3 Å². The van der Waals surface area contributed by atoms with Crippen molar-refractivity contribution in [2.24, 2.45) is 5.73 Å². The number of carbonyl (C=O) groups is 4. The van der Waals surface area contributed by atoms with E-state index in [0.717, 1.165) is 0 Å². The predicted molar refractivity (Wildman–Crippen MR) is 156 cm³/mol. The van der Waals surface area contributed by atoms with Gasteiger partial charge in [-0.3, -0.25) is 19.2 Å². The maximum Gasteiger partial charge on any atom is 0.306 e. The highest BCUT2D eigenvalue weighted by Crippen LogP contribution is 2.52. The van der Waals surface area contributed by atoms with Crippen LogP contribution in [0.15, 0.2) is 18.2 Å². The number of Topliss-reactive ketones (excluding diaryl/α,β-unsaturated/α-hetero) is 1. The van der Waals surface area contributed by atoms with Crippen LogP contribution in [0.25, 0.3) is 0 Å². The number of carbonyl (C=O) groups excluding carboxylic acids is 4. The first-order valence-corrected chi connectivity index (χ1v) is 14.9. The van der Waals surface area contributed by atoms with Gasteiger partial charge < -0.3 is 50.2 Å². The molecule has 3 aliphatic rings. The van der Waals surface area contributed by atoms with Crippen molar-refractivity contribution in [3.05, 3.63) is 57.1 Å². The average Bonchev–Trinajstić information content (AvgIpc) is 3.02. The highest BCUT2D eigenvalue weighted by molar-refractivity contribution is 6.30. The molecule has 4 unspecified atom stereocenters. The Labute approximate surface area is 263 Å². The van der Waals surface area contributed by atoms with Gasteiger partial charge in [0.1, 0.15) is 17.1 Å². The number of hydrogen-bond acceptors (Lipinski definition) is 14. The minimum absolute atomic E-state index is 0.0186. The second-order valence-electron chi connectivity index (χ2n) is 11.9. The van der Waals surface area contributed by atoms with E-state index in [1.165, 1.54) is 25.3 Å². The Morgan fingerprint density at radius 3 is 2.48 bits per heavy atom. The molecule has 14 heteroatoms. The molecular weight excluding hydrogens is 606 g/mol. The summed E-state index contributed by atoms with van der Waals surface area (Å²) < 4.78 is 21.9. The zero-order chi connectivity index (χ0) is 33.5. The fraction of sp³-hybridized carbons (Fsp3) is 0.500. The van der Waals surface area contributed by atoms with E-state index in [9.17, 15) is 44.7 Å². The van der Waals surface area contributed by atoms with Crippen LogP contribution in [0.4, 0.5) is 0 Å². The van der Waals surface area contributed by atoms with Gasteiger partial charge in [-0.15, -0.1) is 0 Å². The fourth-order valence-electron chi connectivity index (χ4n) is 6.28. The van der Waals surface area contributed by atoms with Crippen LogP contribution in [0.3, 0.4) is 0 Å². The molecule has 0 aromatic heterocycles. The number of aliphatic hydroxyl groups is 3. The van der Waals surface area contributed by atoms with E-state index in [1.54, 1.807) is 6.92 Å². The van der Waals surface area contributed by atoms with E-state index < -0.39 is 108 Å². The molecule has 6 atom stereocenters. The smallest absolute Gasteiger partial charge is 0.306 e. The van der Waals surface area contributed by atoms with E-state index in [2.05, 4.69) is 0 Å². The Hall–Kier alpha value is -3.76. The van der Waals surface area contributed by atoms with Crippen molar-refractivity contribution in [3.63, 3.8) is 0 Å². The van der Waals surface area contributed by atoms with Crippen LogP contribution in [-0.4, -0.2) is 99.3 Å². The molecule has 2 aromatic carbocycles. The fourth-order valence-corrected chi connectivity index (χ4v) is 6.28. The number of methoxy groups -OCH3 is 1. The molecule has 0 bridgehead atoms. The van der Waals surface area contributed by atoms with Crippen LogP contribution in [0, 0.1) is 0 Å². The second-order valence-corrected chi connectivity index (χ2v) is 11.9. The number of nitrogens with two attached hydrogens (primary N) is 1. The molecule has 7 N–H and O–H groups in total. The number of phenols is 2. The molecule has 1 aliphatic heterocycles. The van der Waals surface area contributed by atoms with E-state index in [4.69, 9.17) is 24.7 Å². The first kappa shape index (κ1) is 33.6. The lowest BCUT2D eigenvalue weighted by Gasteiger charge is -2.42. The molecule has 46 heavy (non-hydrogen) atoms. The first-order valence-electron chi connectivity index (χ1n) is 14.9. The monoisotopic (exact) mass is 643 g/mol. The summed E-state index contributed by atoms with van der Waals surface area (Å²) in [5.41, 5.74) is 2.54. The van der Waals surface area contributed by atoms with Gasteiger partial charge in [-0.1, -0.05) is 6.07 Å². The Bertz CT molecular complexity index is 1560. The summed E-state index contributed by atoms with van der Waals surface area (Å²) in [6.45, 7) is 0.642. The van der Waals surface area contributed by atoms with Gasteiger partial charge in [0.2, 0.25) is 5.78 Å². The molecule has 1 fully saturated rings. The number of esters is 1. The van der Waals surface area contributed by atoms with Crippen LogP contribution < -0.4 is 5.73 Å². The molecule has 1 saturated heterocycles. The summed E-state index contributed by atoms with van der Waals surface area (Å²) in [5, 5.41) is 54.7. The lowest BCUT2D eigenvalue weighted by molar-refractivity contribution is -0.247. The molecule has 0 saturated carbocycles. The van der Waals surface area contributed by atoms with E-state index in [1.807, 2.05) is 0 Å². The van der Waals surface area contributed by atoms with Crippen molar-refractivity contribution in [1.82, 2.24) is 0 Å². The molecular formula is C32H37NO13. The SMILES string of the molecule is COCCCC(=O)OCC(=O)[C@]1(O)Cc2c(O)c3c(c(O)c2[C@@H](OC2CC(N)C(O)C(C)O2)C1)C(=O)c1cc(CO)ccc1C3=O. The zero-order valence-electron chi connectivity index (χ0n) is 25.4. The summed E-state index contributed by atoms with van der Waals surface area (Å²) >= 11 is 0. The normalized spacial score (nSPS) is 27.0. The lowest BCUT2D eigenvalue weighted by atomic mass is 9.72. The number of benzene rings is 2. The number of aromatic hydroxyl groups is 2. The van der Waals surface area contributed by atoms with Gasteiger partial charge in [-0.05, 0) is 31.0 Å². The van der Waals surface area contributed by atoms with Crippen molar-refractivity contribution < 1.29 is 63.7 Å². The van der Waals surface area contributed by atoms with Crippen LogP contribution >= 0.6 is 0 Å². The van der Waals surface area contributed by atoms with Gasteiger partial charge in [0.05, 0.1) is 36.0 Å². The van der Waals surface area contributed by atoms with Crippen molar-refractivity contribution in [2.45, 2.75) is 81.9 Å². The highest BCUT2D eigenvalue weighted by Gasteiger charge is 2.50. The Kier molecular flexibility index (Phi) is 9.61. The second kappa shape index (κ2) is 13.2. The number of fused-ring (bicyclic) bond motifs is 3. The Morgan fingerprint density at radius 1 is 1.11 bits per heavy atom. The summed E-state index contributed by atoms with van der Waals surface area (Å²) in [4.78, 5) is 52.9. The number of ketones is 3. The van der Waals surface area contributed by atoms with E-state index in [0.29, 0.717) is 18.6 Å². The Morgan fingerprint density at radius 2 is 1.80 bits per heavy atom. The third kappa shape index (κ3) is 6.05. The quantitative estimate of drug-likeness (QED) is 0.100.